The summed E-state index contributed by atoms with van der Waals surface area (Å²) in [5.41, 5.74) is 6.22. The number of aromatic amines is 1. The predicted molar refractivity (Wildman–Crippen MR) is 82.9 cm³/mol. The lowest BCUT2D eigenvalue weighted by molar-refractivity contribution is -0.104. The summed E-state index contributed by atoms with van der Waals surface area (Å²) in [6.07, 6.45) is -1.41. The van der Waals surface area contributed by atoms with Gasteiger partial charge in [-0.05, 0) is 12.5 Å². The molecule has 1 aromatic rings. The smallest absolute Gasteiger partial charge is 0.349 e. The first-order valence-electron chi connectivity index (χ1n) is 6.94. The van der Waals surface area contributed by atoms with Gasteiger partial charge in [-0.1, -0.05) is 5.11 Å². The third-order valence-electron chi connectivity index (χ3n) is 3.42. The number of nitrogens with one attached hydrogen (secondary N) is 2. The van der Waals surface area contributed by atoms with Crippen LogP contribution in [0.2, 0.25) is 0 Å². The summed E-state index contributed by atoms with van der Waals surface area (Å²) in [7, 11) is -3.61. The van der Waals surface area contributed by atoms with Crippen molar-refractivity contribution in [3.63, 3.8) is 0 Å². The van der Waals surface area contributed by atoms with Gasteiger partial charge in [0.05, 0.1) is 6.04 Å². The molecule has 14 heteroatoms. The number of carbonyl (C=O) groups excluding carboxylic acids is 1. The average Bonchev–Trinajstić information content (AvgIpc) is 2.92. The van der Waals surface area contributed by atoms with Crippen LogP contribution in [0.15, 0.2) is 20.9 Å². The topological polar surface area (TPSA) is 188 Å². The molecule has 1 aromatic heterocycles. The van der Waals surface area contributed by atoms with Crippen molar-refractivity contribution in [2.75, 3.05) is 7.05 Å². The summed E-state index contributed by atoms with van der Waals surface area (Å²) in [6, 6.07) is -1.07. The van der Waals surface area contributed by atoms with Crippen molar-refractivity contribution in [1.29, 1.82) is 0 Å². The van der Waals surface area contributed by atoms with Gasteiger partial charge in [-0.3, -0.25) is 23.7 Å². The molecule has 1 saturated heterocycles. The fourth-order valence-corrected chi connectivity index (χ4v) is 3.04. The van der Waals surface area contributed by atoms with Gasteiger partial charge < -0.3 is 14.9 Å². The molecule has 13 nitrogen and oxygen atoms in total. The molecule has 0 aliphatic carbocycles. The minimum atomic E-state index is -4.74. The van der Waals surface area contributed by atoms with Crippen LogP contribution >= 0.6 is 7.60 Å². The Kier molecular flexibility index (Phi) is 5.45. The molecule has 2 rings (SSSR count). The maximum absolute atomic E-state index is 11.9. The number of hydrogen-bond acceptors (Lipinski definition) is 7. The third-order valence-corrected chi connectivity index (χ3v) is 4.65. The summed E-state index contributed by atoms with van der Waals surface area (Å²) >= 11 is 0. The van der Waals surface area contributed by atoms with E-state index in [0.717, 1.165) is 11.6 Å². The standard InChI is InChI=1S/C11H15N6O7P/c1-5-4-17(10(19)14-8(5)18)7-3-6(15-16-12)9(23-7)24-25(21,22)11(20)13-2/h4,6-7,9H,3H2,1-2H3,(H,13,20)(H,21,22)(H,14,18,19). The van der Waals surface area contributed by atoms with Crippen LogP contribution in [0.5, 0.6) is 0 Å². The molecule has 1 fully saturated rings. The first-order valence-corrected chi connectivity index (χ1v) is 8.52. The van der Waals surface area contributed by atoms with Crippen LogP contribution in [-0.2, 0) is 13.8 Å². The molecule has 4 atom stereocenters. The van der Waals surface area contributed by atoms with Crippen LogP contribution in [0.25, 0.3) is 10.4 Å². The van der Waals surface area contributed by atoms with Gasteiger partial charge in [0, 0.05) is 30.1 Å². The normalized spacial score (nSPS) is 25.0. The van der Waals surface area contributed by atoms with E-state index < -0.39 is 43.1 Å². The lowest BCUT2D eigenvalue weighted by Crippen LogP contribution is -2.33. The predicted octanol–water partition coefficient (Wildman–Crippen LogP) is 0.310. The van der Waals surface area contributed by atoms with E-state index in [0.29, 0.717) is 0 Å². The highest BCUT2D eigenvalue weighted by Gasteiger charge is 2.43. The summed E-state index contributed by atoms with van der Waals surface area (Å²) in [6.45, 7) is 1.47. The summed E-state index contributed by atoms with van der Waals surface area (Å²) < 4.78 is 23.0. The molecular weight excluding hydrogens is 359 g/mol. The number of aromatic nitrogens is 2. The van der Waals surface area contributed by atoms with Crippen molar-refractivity contribution in [3.8, 4) is 0 Å². The maximum atomic E-state index is 11.9. The number of hydrogen-bond donors (Lipinski definition) is 3. The molecule has 0 bridgehead atoms. The molecule has 1 amide bonds. The van der Waals surface area contributed by atoms with Crippen LogP contribution < -0.4 is 16.6 Å². The van der Waals surface area contributed by atoms with E-state index in [1.54, 1.807) is 0 Å². The maximum Gasteiger partial charge on any atom is 0.417 e. The molecular formula is C11H15N6O7P. The van der Waals surface area contributed by atoms with Crippen molar-refractivity contribution in [3.05, 3.63) is 43.0 Å². The molecule has 0 spiro atoms. The zero-order valence-corrected chi connectivity index (χ0v) is 14.0. The number of nitrogens with zero attached hydrogens (tertiary/aromatic N) is 4. The molecule has 4 unspecified atom stereocenters. The Hall–Kier alpha value is -2.43. The Labute approximate surface area is 139 Å². The Balaban J connectivity index is 2.32. The number of amides is 1. The van der Waals surface area contributed by atoms with Crippen molar-refractivity contribution in [2.45, 2.75) is 31.9 Å². The molecule has 3 N–H and O–H groups in total. The minimum absolute atomic E-state index is 0.0755. The highest BCUT2D eigenvalue weighted by atomic mass is 31.2. The molecule has 0 aromatic carbocycles. The lowest BCUT2D eigenvalue weighted by Gasteiger charge is -2.19. The summed E-state index contributed by atoms with van der Waals surface area (Å²) in [5.74, 6) is 0. The van der Waals surface area contributed by atoms with E-state index in [-0.39, 0.29) is 12.0 Å². The van der Waals surface area contributed by atoms with Crippen LogP contribution in [0.4, 0.5) is 4.79 Å². The molecule has 136 valence electrons. The highest BCUT2D eigenvalue weighted by Crippen LogP contribution is 2.47. The molecule has 2 heterocycles. The van der Waals surface area contributed by atoms with Crippen LogP contribution in [0, 0.1) is 6.92 Å². The van der Waals surface area contributed by atoms with E-state index in [4.69, 9.17) is 14.8 Å². The lowest BCUT2D eigenvalue weighted by atomic mass is 10.2. The van der Waals surface area contributed by atoms with Gasteiger partial charge in [0.1, 0.15) is 6.23 Å². The molecule has 1 aliphatic heterocycles. The second-order valence-electron chi connectivity index (χ2n) is 5.13. The SMILES string of the molecule is CNC(=O)P(=O)(O)OC1OC(n2cc(C)c(=O)[nH]c2=O)CC1N=[N+]=[N-]. The zero-order chi connectivity index (χ0) is 18.8. The Morgan fingerprint density at radius 2 is 2.32 bits per heavy atom. The van der Waals surface area contributed by atoms with Crippen molar-refractivity contribution in [1.82, 2.24) is 14.9 Å². The number of carbonyl (C=O) groups is 1. The zero-order valence-electron chi connectivity index (χ0n) is 13.1. The van der Waals surface area contributed by atoms with Gasteiger partial charge in [-0.2, -0.15) is 0 Å². The Bertz CT molecular complexity index is 888. The Morgan fingerprint density at radius 3 is 2.92 bits per heavy atom. The first-order chi connectivity index (χ1) is 11.7. The van der Waals surface area contributed by atoms with Crippen molar-refractivity contribution >= 4 is 13.2 Å². The number of aryl methyl sites for hydroxylation is 1. The highest BCUT2D eigenvalue weighted by molar-refractivity contribution is 7.70. The number of azide groups is 1. The van der Waals surface area contributed by atoms with Gasteiger partial charge in [0.2, 0.25) is 0 Å². The largest absolute Gasteiger partial charge is 0.417 e. The van der Waals surface area contributed by atoms with Crippen molar-refractivity contribution < 1.29 is 23.5 Å². The first kappa shape index (κ1) is 18.9. The average molecular weight is 374 g/mol. The Morgan fingerprint density at radius 1 is 1.64 bits per heavy atom. The van der Waals surface area contributed by atoms with E-state index in [2.05, 4.69) is 15.0 Å². The molecule has 0 radical (unpaired) electrons. The monoisotopic (exact) mass is 374 g/mol. The van der Waals surface area contributed by atoms with Crippen LogP contribution in [0.1, 0.15) is 18.2 Å². The van der Waals surface area contributed by atoms with E-state index >= 15 is 0 Å². The summed E-state index contributed by atoms with van der Waals surface area (Å²) in [4.78, 5) is 49.0. The van der Waals surface area contributed by atoms with Gasteiger partial charge in [0.25, 0.3) is 5.56 Å². The minimum Gasteiger partial charge on any atom is -0.349 e. The second-order valence-corrected chi connectivity index (χ2v) is 6.78. The van der Waals surface area contributed by atoms with Crippen LogP contribution in [0.3, 0.4) is 0 Å². The molecule has 1 aliphatic rings. The van der Waals surface area contributed by atoms with E-state index in [9.17, 15) is 23.8 Å². The van der Waals surface area contributed by atoms with E-state index in [1.165, 1.54) is 13.1 Å². The fourth-order valence-electron chi connectivity index (χ4n) is 2.19. The van der Waals surface area contributed by atoms with Gasteiger partial charge >= 0.3 is 18.9 Å². The molecule has 25 heavy (non-hydrogen) atoms. The third kappa shape index (κ3) is 3.98. The molecule has 0 saturated carbocycles. The van der Waals surface area contributed by atoms with Gasteiger partial charge in [0.15, 0.2) is 6.29 Å². The van der Waals surface area contributed by atoms with Gasteiger partial charge in [-0.15, -0.1) is 0 Å². The van der Waals surface area contributed by atoms with Crippen molar-refractivity contribution in [2.24, 2.45) is 5.11 Å². The quantitative estimate of drug-likeness (QED) is 0.286. The second kappa shape index (κ2) is 7.21. The number of H-pyrrole nitrogens is 1. The van der Waals surface area contributed by atoms with Crippen LogP contribution in [-0.4, -0.2) is 39.5 Å². The summed E-state index contributed by atoms with van der Waals surface area (Å²) in [5, 5.41) is 5.36. The van der Waals surface area contributed by atoms with E-state index in [1.807, 2.05) is 5.32 Å². The number of rotatable bonds is 5. The van der Waals surface area contributed by atoms with Gasteiger partial charge in [-0.25, -0.2) is 9.36 Å². The fraction of sp³-hybridized carbons (Fsp3) is 0.545. The number of ether oxygens (including phenoxy) is 1.